The van der Waals surface area contributed by atoms with Crippen LogP contribution >= 0.6 is 0 Å². The Morgan fingerprint density at radius 2 is 1.83 bits per heavy atom. The van der Waals surface area contributed by atoms with Gasteiger partial charge in [0.1, 0.15) is 6.04 Å². The largest absolute Gasteiger partial charge is 0.480 e. The summed E-state index contributed by atoms with van der Waals surface area (Å²) in [5, 5.41) is 11.8. The average Bonchev–Trinajstić information content (AvgIpc) is 2.54. The molecule has 2 N–H and O–H groups in total. The number of benzene rings is 1. The molecule has 24 heavy (non-hydrogen) atoms. The van der Waals surface area contributed by atoms with E-state index in [1.165, 1.54) is 7.11 Å². The molecule has 3 atom stereocenters. The highest BCUT2D eigenvalue weighted by atomic mass is 16.5. The summed E-state index contributed by atoms with van der Waals surface area (Å²) in [6, 6.07) is 7.52. The molecule has 0 aliphatic heterocycles. The number of hydrogen-bond donors (Lipinski definition) is 2. The minimum atomic E-state index is -1.22. The van der Waals surface area contributed by atoms with Crippen molar-refractivity contribution < 1.29 is 29.0 Å². The third-order valence-electron chi connectivity index (χ3n) is 3.50. The molecule has 0 radical (unpaired) electrons. The van der Waals surface area contributed by atoms with E-state index in [4.69, 9.17) is 9.47 Å². The van der Waals surface area contributed by atoms with Crippen molar-refractivity contribution in [2.45, 2.75) is 32.4 Å². The number of carbonyl (C=O) groups excluding carboxylic acids is 2. The molecule has 7 nitrogen and oxygen atoms in total. The van der Waals surface area contributed by atoms with Gasteiger partial charge in [0.05, 0.1) is 13.0 Å². The second-order valence-corrected chi connectivity index (χ2v) is 5.34. The maximum Gasteiger partial charge on any atom is 0.326 e. The first-order valence-electron chi connectivity index (χ1n) is 7.67. The Labute approximate surface area is 141 Å². The lowest BCUT2D eigenvalue weighted by molar-refractivity contribution is -0.148. The molecule has 1 aromatic carbocycles. The van der Waals surface area contributed by atoms with Gasteiger partial charge in [-0.15, -0.1) is 0 Å². The Hall–Kier alpha value is -2.41. The highest BCUT2D eigenvalue weighted by Gasteiger charge is 2.31. The number of nitrogens with one attached hydrogen (secondary N) is 1. The molecular formula is C17H23NO6. The summed E-state index contributed by atoms with van der Waals surface area (Å²) in [5.74, 6) is -2.93. The van der Waals surface area contributed by atoms with Crippen LogP contribution in [-0.2, 0) is 23.9 Å². The van der Waals surface area contributed by atoms with E-state index in [1.54, 1.807) is 44.2 Å². The van der Waals surface area contributed by atoms with Crippen LogP contribution in [0.25, 0.3) is 0 Å². The summed E-state index contributed by atoms with van der Waals surface area (Å²) in [7, 11) is 1.37. The highest BCUT2D eigenvalue weighted by Crippen LogP contribution is 2.18. The monoisotopic (exact) mass is 337 g/mol. The van der Waals surface area contributed by atoms with Crippen LogP contribution in [0.2, 0.25) is 0 Å². The summed E-state index contributed by atoms with van der Waals surface area (Å²) >= 11 is 0. The average molecular weight is 337 g/mol. The Balaban J connectivity index is 2.81. The van der Waals surface area contributed by atoms with Crippen LogP contribution in [-0.4, -0.2) is 42.7 Å². The Kier molecular flexibility index (Phi) is 7.91. The molecule has 1 aromatic rings. The number of amides is 1. The van der Waals surface area contributed by atoms with Gasteiger partial charge in [0.25, 0.3) is 5.91 Å². The number of carboxylic acids is 1. The van der Waals surface area contributed by atoms with Crippen LogP contribution in [0.5, 0.6) is 0 Å². The lowest BCUT2D eigenvalue weighted by atomic mass is 9.97. The first-order valence-corrected chi connectivity index (χ1v) is 7.67. The lowest BCUT2D eigenvalue weighted by Gasteiger charge is -2.23. The van der Waals surface area contributed by atoms with Crippen LogP contribution in [0.1, 0.15) is 31.9 Å². The zero-order chi connectivity index (χ0) is 18.1. The zero-order valence-corrected chi connectivity index (χ0v) is 14.0. The number of esters is 1. The quantitative estimate of drug-likeness (QED) is 0.663. The maximum atomic E-state index is 12.4. The molecule has 0 aliphatic carbocycles. The minimum Gasteiger partial charge on any atom is -0.480 e. The molecule has 0 saturated carbocycles. The predicted molar refractivity (Wildman–Crippen MR) is 86.2 cm³/mol. The van der Waals surface area contributed by atoms with Crippen LogP contribution in [0.3, 0.4) is 0 Å². The second kappa shape index (κ2) is 9.67. The molecule has 0 fully saturated rings. The van der Waals surface area contributed by atoms with E-state index in [0.717, 1.165) is 0 Å². The Bertz CT molecular complexity index is 559. The van der Waals surface area contributed by atoms with Crippen LogP contribution in [0.15, 0.2) is 30.3 Å². The highest BCUT2D eigenvalue weighted by molar-refractivity contribution is 5.87. The number of carboxylic acid groups (broad SMARTS) is 1. The normalized spacial score (nSPS) is 14.3. The molecule has 132 valence electrons. The van der Waals surface area contributed by atoms with Crippen molar-refractivity contribution in [1.82, 2.24) is 5.32 Å². The van der Waals surface area contributed by atoms with Gasteiger partial charge in [0, 0.05) is 7.11 Å². The third-order valence-corrected chi connectivity index (χ3v) is 3.50. The molecular weight excluding hydrogens is 314 g/mol. The molecule has 0 spiro atoms. The molecule has 0 unspecified atom stereocenters. The zero-order valence-electron chi connectivity index (χ0n) is 14.0. The molecule has 0 heterocycles. The van der Waals surface area contributed by atoms with E-state index in [9.17, 15) is 19.5 Å². The van der Waals surface area contributed by atoms with E-state index in [0.29, 0.717) is 5.56 Å². The standard InChI is InChI=1S/C17H23NO6/c1-4-24-13(19)10-11(2)14(17(21)22)18-16(20)15(23-3)12-8-6-5-7-9-12/h5-9,11,14-15H,4,10H2,1-3H3,(H,18,20)(H,21,22)/t11-,14-,15-/m0/s1. The van der Waals surface area contributed by atoms with E-state index >= 15 is 0 Å². The third kappa shape index (κ3) is 5.66. The summed E-state index contributed by atoms with van der Waals surface area (Å²) in [6.45, 7) is 3.46. The second-order valence-electron chi connectivity index (χ2n) is 5.34. The van der Waals surface area contributed by atoms with Gasteiger partial charge >= 0.3 is 11.9 Å². The van der Waals surface area contributed by atoms with Crippen molar-refractivity contribution in [3.05, 3.63) is 35.9 Å². The number of ether oxygens (including phenoxy) is 2. The molecule has 1 amide bonds. The van der Waals surface area contributed by atoms with Crippen molar-refractivity contribution in [1.29, 1.82) is 0 Å². The smallest absolute Gasteiger partial charge is 0.326 e. The van der Waals surface area contributed by atoms with Gasteiger partial charge < -0.3 is 19.9 Å². The van der Waals surface area contributed by atoms with Crippen LogP contribution < -0.4 is 5.32 Å². The summed E-state index contributed by atoms with van der Waals surface area (Å²) in [4.78, 5) is 35.4. The predicted octanol–water partition coefficient (Wildman–Crippen LogP) is 1.53. The molecule has 0 bridgehead atoms. The van der Waals surface area contributed by atoms with Crippen molar-refractivity contribution in [2.75, 3.05) is 13.7 Å². The van der Waals surface area contributed by atoms with Crippen molar-refractivity contribution in [3.63, 3.8) is 0 Å². The van der Waals surface area contributed by atoms with Gasteiger partial charge in [-0.3, -0.25) is 9.59 Å². The molecule has 0 aliphatic rings. The fourth-order valence-corrected chi connectivity index (χ4v) is 2.30. The van der Waals surface area contributed by atoms with Crippen molar-refractivity contribution in [2.24, 2.45) is 5.92 Å². The van der Waals surface area contributed by atoms with Crippen LogP contribution in [0, 0.1) is 5.92 Å². The number of hydrogen-bond acceptors (Lipinski definition) is 5. The fraction of sp³-hybridized carbons (Fsp3) is 0.471. The topological polar surface area (TPSA) is 102 Å². The first-order chi connectivity index (χ1) is 11.4. The molecule has 1 rings (SSSR count). The van der Waals surface area contributed by atoms with E-state index < -0.39 is 35.9 Å². The van der Waals surface area contributed by atoms with Gasteiger partial charge in [-0.2, -0.15) is 0 Å². The first kappa shape index (κ1) is 19.6. The number of methoxy groups -OCH3 is 1. The van der Waals surface area contributed by atoms with E-state index in [1.807, 2.05) is 0 Å². The van der Waals surface area contributed by atoms with E-state index in [-0.39, 0.29) is 13.0 Å². The molecule has 7 heteroatoms. The van der Waals surface area contributed by atoms with Gasteiger partial charge in [0.2, 0.25) is 0 Å². The van der Waals surface area contributed by atoms with Gasteiger partial charge in [-0.25, -0.2) is 4.79 Å². The molecule has 0 aromatic heterocycles. The van der Waals surface area contributed by atoms with Crippen molar-refractivity contribution in [3.8, 4) is 0 Å². The summed E-state index contributed by atoms with van der Waals surface area (Å²) < 4.78 is 10.00. The number of rotatable bonds is 9. The number of carbonyl (C=O) groups is 3. The van der Waals surface area contributed by atoms with Gasteiger partial charge in [-0.1, -0.05) is 37.3 Å². The van der Waals surface area contributed by atoms with Crippen LogP contribution in [0.4, 0.5) is 0 Å². The lowest BCUT2D eigenvalue weighted by Crippen LogP contribution is -2.47. The Morgan fingerprint density at radius 1 is 1.21 bits per heavy atom. The minimum absolute atomic E-state index is 0.103. The molecule has 0 saturated heterocycles. The summed E-state index contributed by atoms with van der Waals surface area (Å²) in [5.41, 5.74) is 0.611. The SMILES string of the molecule is CCOC(=O)C[C@H](C)[C@H](NC(=O)[C@@H](OC)c1ccccc1)C(=O)O. The van der Waals surface area contributed by atoms with Gasteiger partial charge in [-0.05, 0) is 18.4 Å². The maximum absolute atomic E-state index is 12.4. The fourth-order valence-electron chi connectivity index (χ4n) is 2.30. The van der Waals surface area contributed by atoms with Gasteiger partial charge in [0.15, 0.2) is 6.10 Å². The van der Waals surface area contributed by atoms with Crippen molar-refractivity contribution >= 4 is 17.8 Å². The Morgan fingerprint density at radius 3 is 2.33 bits per heavy atom. The number of aliphatic carboxylic acids is 1. The van der Waals surface area contributed by atoms with E-state index in [2.05, 4.69) is 5.32 Å². The summed E-state index contributed by atoms with van der Waals surface area (Å²) in [6.07, 6.45) is -1.03.